The fourth-order valence-electron chi connectivity index (χ4n) is 3.81. The van der Waals surface area contributed by atoms with Crippen LogP contribution in [0.25, 0.3) is 22.9 Å². The third kappa shape index (κ3) is 3.82. The molecule has 2 heterocycles. The third-order valence-electron chi connectivity index (χ3n) is 5.34. The van der Waals surface area contributed by atoms with Gasteiger partial charge in [0.2, 0.25) is 0 Å². The third-order valence-corrected chi connectivity index (χ3v) is 5.34. The molecule has 0 spiro atoms. The van der Waals surface area contributed by atoms with Gasteiger partial charge in [0, 0.05) is 29.5 Å². The lowest BCUT2D eigenvalue weighted by molar-refractivity contribution is 0.122. The number of morpholine rings is 1. The maximum absolute atomic E-state index is 6.28. The van der Waals surface area contributed by atoms with Gasteiger partial charge in [0.1, 0.15) is 10.8 Å². The second-order valence-corrected chi connectivity index (χ2v) is 7.27. The Hall–Kier alpha value is -3.30. The van der Waals surface area contributed by atoms with Crippen molar-refractivity contribution in [3.05, 3.63) is 101 Å². The number of anilines is 1. The highest BCUT2D eigenvalue weighted by molar-refractivity contribution is 5.84. The van der Waals surface area contributed by atoms with Crippen LogP contribution in [0.4, 0.5) is 5.69 Å². The molecule has 1 aliphatic rings. The van der Waals surface area contributed by atoms with Crippen molar-refractivity contribution >= 4 is 28.6 Å². The van der Waals surface area contributed by atoms with Gasteiger partial charge in [-0.25, -0.2) is 0 Å². The molecule has 1 aliphatic heterocycles. The molecule has 1 saturated heterocycles. The van der Waals surface area contributed by atoms with Crippen molar-refractivity contribution in [3.63, 3.8) is 0 Å². The lowest BCUT2D eigenvalue weighted by atomic mass is 10.1. The number of fused-ring (bicyclic) bond motifs is 1. The monoisotopic (exact) mass is 381 g/mol. The lowest BCUT2D eigenvalue weighted by Gasteiger charge is -2.28. The van der Waals surface area contributed by atoms with Gasteiger partial charge in [0.05, 0.1) is 13.2 Å². The minimum absolute atomic E-state index is 0.799. The Labute approximate surface area is 170 Å². The van der Waals surface area contributed by atoms with E-state index in [1.54, 1.807) is 0 Å². The maximum Gasteiger partial charge on any atom is 0.136 e. The normalized spacial score (nSPS) is 15.9. The van der Waals surface area contributed by atoms with Crippen LogP contribution in [0.2, 0.25) is 0 Å². The predicted molar refractivity (Wildman–Crippen MR) is 119 cm³/mol. The summed E-state index contributed by atoms with van der Waals surface area (Å²) in [6.45, 7) is 3.50. The van der Waals surface area contributed by atoms with Crippen molar-refractivity contribution in [1.29, 1.82) is 0 Å². The standard InChI is InChI=1S/C26H23NO2/c1-2-6-20(7-3-1)18-25-23-8-4-5-9-24(23)26(29-25)19-21-10-12-22(13-11-21)27-14-16-28-17-15-27/h1-13,18-19H,14-17H2/b25-18+,26-19+. The number of furan rings is 1. The topological polar surface area (TPSA) is 25.6 Å². The van der Waals surface area contributed by atoms with E-state index in [0.29, 0.717) is 0 Å². The van der Waals surface area contributed by atoms with Gasteiger partial charge in [-0.2, -0.15) is 0 Å². The predicted octanol–water partition coefficient (Wildman–Crippen LogP) is 3.93. The van der Waals surface area contributed by atoms with Crippen LogP contribution >= 0.6 is 0 Å². The number of ether oxygens (including phenoxy) is 1. The molecule has 29 heavy (non-hydrogen) atoms. The van der Waals surface area contributed by atoms with Gasteiger partial charge in [-0.3, -0.25) is 0 Å². The zero-order chi connectivity index (χ0) is 19.5. The molecule has 0 aliphatic carbocycles. The van der Waals surface area contributed by atoms with Gasteiger partial charge in [0.15, 0.2) is 0 Å². The lowest BCUT2D eigenvalue weighted by Crippen LogP contribution is -2.36. The number of hydrogen-bond donors (Lipinski definition) is 0. The number of benzene rings is 3. The zero-order valence-corrected chi connectivity index (χ0v) is 16.3. The van der Waals surface area contributed by atoms with Gasteiger partial charge in [-0.05, 0) is 35.4 Å². The molecule has 0 amide bonds. The molecule has 0 unspecified atom stereocenters. The number of nitrogens with zero attached hydrogens (tertiary/aromatic N) is 1. The van der Waals surface area contributed by atoms with Crippen molar-refractivity contribution in [2.24, 2.45) is 0 Å². The van der Waals surface area contributed by atoms with E-state index in [2.05, 4.69) is 77.7 Å². The van der Waals surface area contributed by atoms with Crippen LogP contribution in [0.15, 0.2) is 83.3 Å². The van der Waals surface area contributed by atoms with E-state index < -0.39 is 0 Å². The van der Waals surface area contributed by atoms with E-state index in [1.165, 1.54) is 5.69 Å². The van der Waals surface area contributed by atoms with Crippen LogP contribution in [-0.2, 0) is 4.74 Å². The first kappa shape index (κ1) is 17.8. The average Bonchev–Trinajstić information content (AvgIpc) is 3.13. The Morgan fingerprint density at radius 2 is 1.17 bits per heavy atom. The molecule has 1 fully saturated rings. The van der Waals surface area contributed by atoms with Crippen LogP contribution in [0.3, 0.4) is 0 Å². The maximum atomic E-state index is 6.28. The van der Waals surface area contributed by atoms with Crippen molar-refractivity contribution in [2.75, 3.05) is 31.2 Å². The summed E-state index contributed by atoms with van der Waals surface area (Å²) in [6, 6.07) is 27.3. The molecular weight excluding hydrogens is 358 g/mol. The van der Waals surface area contributed by atoms with E-state index in [9.17, 15) is 0 Å². The van der Waals surface area contributed by atoms with E-state index >= 15 is 0 Å². The van der Waals surface area contributed by atoms with E-state index in [0.717, 1.165) is 59.0 Å². The summed E-state index contributed by atoms with van der Waals surface area (Å²) in [4.78, 5) is 2.36. The molecule has 0 radical (unpaired) electrons. The molecule has 0 atom stereocenters. The first-order valence-electron chi connectivity index (χ1n) is 10.1. The first-order valence-corrected chi connectivity index (χ1v) is 10.1. The zero-order valence-electron chi connectivity index (χ0n) is 16.3. The summed E-state index contributed by atoms with van der Waals surface area (Å²) in [6.07, 6.45) is 4.22. The van der Waals surface area contributed by atoms with Gasteiger partial charge in [-0.15, -0.1) is 0 Å². The van der Waals surface area contributed by atoms with Gasteiger partial charge in [0.25, 0.3) is 0 Å². The summed E-state index contributed by atoms with van der Waals surface area (Å²) in [7, 11) is 0. The highest BCUT2D eigenvalue weighted by Crippen LogP contribution is 2.17. The van der Waals surface area contributed by atoms with Crippen LogP contribution in [0.1, 0.15) is 11.1 Å². The highest BCUT2D eigenvalue weighted by Gasteiger charge is 2.10. The second kappa shape index (κ2) is 7.98. The Morgan fingerprint density at radius 3 is 1.79 bits per heavy atom. The van der Waals surface area contributed by atoms with Crippen molar-refractivity contribution in [2.45, 2.75) is 0 Å². The summed E-state index contributed by atoms with van der Waals surface area (Å²) in [5.41, 5.74) is 5.29. The number of rotatable bonds is 3. The highest BCUT2D eigenvalue weighted by atomic mass is 16.5. The molecular formula is C26H23NO2. The minimum Gasteiger partial charge on any atom is -0.456 e. The van der Waals surface area contributed by atoms with E-state index in [1.807, 2.05) is 18.2 Å². The van der Waals surface area contributed by atoms with Gasteiger partial charge in [-0.1, -0.05) is 66.7 Å². The van der Waals surface area contributed by atoms with Crippen LogP contribution in [0, 0.1) is 0 Å². The largest absolute Gasteiger partial charge is 0.456 e. The fraction of sp³-hybridized carbons (Fsp3) is 0.154. The second-order valence-electron chi connectivity index (χ2n) is 7.27. The Balaban J connectivity index is 1.55. The quantitative estimate of drug-likeness (QED) is 0.538. The molecule has 1 aromatic heterocycles. The molecule has 4 aromatic rings. The van der Waals surface area contributed by atoms with Crippen molar-refractivity contribution < 1.29 is 9.15 Å². The average molecular weight is 381 g/mol. The van der Waals surface area contributed by atoms with Crippen LogP contribution in [0.5, 0.6) is 0 Å². The molecule has 3 nitrogen and oxygen atoms in total. The van der Waals surface area contributed by atoms with Gasteiger partial charge < -0.3 is 14.1 Å². The van der Waals surface area contributed by atoms with E-state index in [-0.39, 0.29) is 0 Å². The molecule has 0 bridgehead atoms. The summed E-state index contributed by atoms with van der Waals surface area (Å²) < 4.78 is 11.7. The fourth-order valence-corrected chi connectivity index (χ4v) is 3.81. The van der Waals surface area contributed by atoms with Gasteiger partial charge >= 0.3 is 0 Å². The molecule has 144 valence electrons. The first-order chi connectivity index (χ1) is 14.4. The Kier molecular flexibility index (Phi) is 4.89. The van der Waals surface area contributed by atoms with Crippen LogP contribution in [-0.4, -0.2) is 26.3 Å². The Bertz CT molecular complexity index is 1220. The summed E-state index contributed by atoms with van der Waals surface area (Å²) in [5, 5.41) is 2.26. The number of hydrogen-bond acceptors (Lipinski definition) is 3. The molecule has 5 rings (SSSR count). The minimum atomic E-state index is 0.799. The molecule has 0 N–H and O–H groups in total. The summed E-state index contributed by atoms with van der Waals surface area (Å²) >= 11 is 0. The molecule has 3 aromatic carbocycles. The summed E-state index contributed by atoms with van der Waals surface area (Å²) in [5.74, 6) is 0. The SMILES string of the molecule is C(/c1ccccc1)=c1\o/c(=C/c2ccc(N3CCOCC3)cc2)c2ccccc12. The van der Waals surface area contributed by atoms with Crippen molar-refractivity contribution in [3.8, 4) is 0 Å². The smallest absolute Gasteiger partial charge is 0.136 e. The van der Waals surface area contributed by atoms with Crippen LogP contribution < -0.4 is 15.7 Å². The molecule has 3 heteroatoms. The molecule has 0 saturated carbocycles. The van der Waals surface area contributed by atoms with Crippen molar-refractivity contribution in [1.82, 2.24) is 0 Å². The Morgan fingerprint density at radius 1 is 0.621 bits per heavy atom. The van der Waals surface area contributed by atoms with E-state index in [4.69, 9.17) is 9.15 Å².